The molecule has 2 heterocycles. The first-order valence-corrected chi connectivity index (χ1v) is 7.90. The quantitative estimate of drug-likeness (QED) is 0.214. The monoisotopic (exact) mass is 371 g/mol. The fourth-order valence-electron chi connectivity index (χ4n) is 1.76. The van der Waals surface area contributed by atoms with Gasteiger partial charge < -0.3 is 31.4 Å². The molecule has 1 aliphatic rings. The number of hydrogen-bond acceptors (Lipinski definition) is 9. The zero-order valence-electron chi connectivity index (χ0n) is 13.3. The van der Waals surface area contributed by atoms with Crippen molar-refractivity contribution in [1.82, 2.24) is 15.6 Å². The van der Waals surface area contributed by atoms with E-state index in [0.717, 1.165) is 11.3 Å². The molecule has 0 spiro atoms. The zero-order valence-corrected chi connectivity index (χ0v) is 14.2. The van der Waals surface area contributed by atoms with Gasteiger partial charge in [0.2, 0.25) is 11.5 Å². The van der Waals surface area contributed by atoms with Crippen LogP contribution in [0.25, 0.3) is 0 Å². The van der Waals surface area contributed by atoms with Crippen LogP contribution in [0.4, 0.5) is 5.13 Å². The van der Waals surface area contributed by atoms with Crippen LogP contribution in [-0.4, -0.2) is 63.0 Å². The first-order chi connectivity index (χ1) is 11.7. The topological polar surface area (TPSA) is 176 Å². The zero-order chi connectivity index (χ0) is 18.8. The van der Waals surface area contributed by atoms with Crippen molar-refractivity contribution in [3.05, 3.63) is 11.1 Å². The van der Waals surface area contributed by atoms with Crippen molar-refractivity contribution in [3.63, 3.8) is 0 Å². The van der Waals surface area contributed by atoms with Gasteiger partial charge in [-0.3, -0.25) is 9.59 Å². The number of nitrogen functional groups attached to an aromatic ring is 1. The van der Waals surface area contributed by atoms with E-state index in [2.05, 4.69) is 20.8 Å². The second kappa shape index (κ2) is 7.03. The van der Waals surface area contributed by atoms with Crippen molar-refractivity contribution < 1.29 is 29.4 Å². The highest BCUT2D eigenvalue weighted by molar-refractivity contribution is 7.18. The van der Waals surface area contributed by atoms with Crippen LogP contribution >= 0.6 is 11.3 Å². The minimum Gasteiger partial charge on any atom is -0.478 e. The molecule has 2 rings (SSSR count). The number of nitrogens with two attached hydrogens (primary N) is 1. The van der Waals surface area contributed by atoms with E-state index in [4.69, 9.17) is 20.8 Å². The molecule has 11 nitrogen and oxygen atoms in total. The smallest absolute Gasteiger partial charge is 0.350 e. The van der Waals surface area contributed by atoms with Gasteiger partial charge in [-0.1, -0.05) is 16.5 Å². The van der Waals surface area contributed by atoms with Crippen molar-refractivity contribution >= 4 is 40.0 Å². The molecule has 1 fully saturated rings. The number of rotatable bonds is 7. The molecule has 0 aliphatic carbocycles. The maximum absolute atomic E-state index is 12.5. The van der Waals surface area contributed by atoms with E-state index >= 15 is 0 Å². The number of amides is 2. The Kier molecular flexibility index (Phi) is 5.23. The molecule has 1 aromatic heterocycles. The molecule has 2 amide bonds. The van der Waals surface area contributed by atoms with Crippen molar-refractivity contribution in [3.8, 4) is 0 Å². The summed E-state index contributed by atoms with van der Waals surface area (Å²) in [5, 5.41) is 26.8. The third-order valence-electron chi connectivity index (χ3n) is 3.35. The van der Waals surface area contributed by atoms with Crippen LogP contribution in [0.5, 0.6) is 0 Å². The first-order valence-electron chi connectivity index (χ1n) is 7.09. The Balaban J connectivity index is 2.24. The molecule has 2 unspecified atom stereocenters. The molecule has 1 aromatic rings. The lowest BCUT2D eigenvalue weighted by molar-refractivity contribution is -0.161. The Labute approximate surface area is 145 Å². The van der Waals surface area contributed by atoms with Gasteiger partial charge in [0.15, 0.2) is 10.8 Å². The van der Waals surface area contributed by atoms with Gasteiger partial charge in [-0.25, -0.2) is 9.78 Å². The summed E-state index contributed by atoms with van der Waals surface area (Å²) in [5.41, 5.74) is 3.58. The highest BCUT2D eigenvalue weighted by atomic mass is 32.1. The number of β-lactam (4-membered cyclic amide) rings is 1. The highest BCUT2D eigenvalue weighted by Gasteiger charge is 2.41. The summed E-state index contributed by atoms with van der Waals surface area (Å²) in [7, 11) is 0. The lowest BCUT2D eigenvalue weighted by Gasteiger charge is -2.35. The average Bonchev–Trinajstić information content (AvgIpc) is 2.96. The van der Waals surface area contributed by atoms with Gasteiger partial charge in [0, 0.05) is 6.20 Å². The maximum atomic E-state index is 12.5. The SMILES string of the molecule is CC(C)(O/N=C(\C(=O)NC1C(=O)NC1CO)c1cnc(N)s1)C(=O)O. The number of carbonyl (C=O) groups excluding carboxylic acids is 2. The minimum atomic E-state index is -1.68. The van der Waals surface area contributed by atoms with Gasteiger partial charge in [-0.05, 0) is 13.8 Å². The number of aliphatic carboxylic acids is 1. The predicted molar refractivity (Wildman–Crippen MR) is 86.8 cm³/mol. The number of carbonyl (C=O) groups is 3. The van der Waals surface area contributed by atoms with Crippen molar-refractivity contribution in [2.75, 3.05) is 12.3 Å². The Morgan fingerprint density at radius 2 is 2.24 bits per heavy atom. The summed E-state index contributed by atoms with van der Waals surface area (Å²) in [6.07, 6.45) is 1.28. The molecule has 2 atom stereocenters. The van der Waals surface area contributed by atoms with Crippen LogP contribution in [0.1, 0.15) is 18.7 Å². The standard InChI is InChI=1S/C13H17N5O6S/c1-13(2,11(22)23)24-18-8(6-3-15-12(14)25-6)10(21)17-7-5(4-19)16-9(7)20/h3,5,7,19H,4H2,1-2H3,(H2,14,15)(H,16,20)(H,17,21)(H,22,23)/b18-8-. The number of carboxylic acid groups (broad SMARTS) is 1. The molecule has 25 heavy (non-hydrogen) atoms. The average molecular weight is 371 g/mol. The fraction of sp³-hybridized carbons (Fsp3) is 0.462. The van der Waals surface area contributed by atoms with Gasteiger partial charge in [0.05, 0.1) is 17.5 Å². The summed E-state index contributed by atoms with van der Waals surface area (Å²) in [5.74, 6) is -2.52. The van der Waals surface area contributed by atoms with Crippen LogP contribution < -0.4 is 16.4 Å². The minimum absolute atomic E-state index is 0.169. The van der Waals surface area contributed by atoms with Crippen LogP contribution in [0, 0.1) is 0 Å². The number of nitrogens with one attached hydrogen (secondary N) is 2. The highest BCUT2D eigenvalue weighted by Crippen LogP contribution is 2.18. The van der Waals surface area contributed by atoms with Gasteiger partial charge in [0.25, 0.3) is 5.91 Å². The largest absolute Gasteiger partial charge is 0.478 e. The van der Waals surface area contributed by atoms with Crippen LogP contribution in [-0.2, 0) is 19.2 Å². The van der Waals surface area contributed by atoms with E-state index in [0.29, 0.717) is 0 Å². The first kappa shape index (κ1) is 18.6. The van der Waals surface area contributed by atoms with E-state index in [1.807, 2.05) is 0 Å². The van der Waals surface area contributed by atoms with Crippen molar-refractivity contribution in [2.45, 2.75) is 31.5 Å². The number of nitrogens with zero attached hydrogens (tertiary/aromatic N) is 2. The van der Waals surface area contributed by atoms with Gasteiger partial charge in [0.1, 0.15) is 6.04 Å². The second-order valence-electron chi connectivity index (χ2n) is 5.66. The number of aromatic nitrogens is 1. The summed E-state index contributed by atoms with van der Waals surface area (Å²) >= 11 is 0.941. The van der Waals surface area contributed by atoms with Gasteiger partial charge in [-0.2, -0.15) is 0 Å². The van der Waals surface area contributed by atoms with Crippen LogP contribution in [0.15, 0.2) is 11.4 Å². The molecule has 6 N–H and O–H groups in total. The van der Waals surface area contributed by atoms with E-state index in [-0.39, 0.29) is 22.3 Å². The molecule has 1 aliphatic heterocycles. The van der Waals surface area contributed by atoms with Crippen molar-refractivity contribution in [1.29, 1.82) is 0 Å². The van der Waals surface area contributed by atoms with E-state index in [1.54, 1.807) is 0 Å². The predicted octanol–water partition coefficient (Wildman–Crippen LogP) is -1.72. The summed E-state index contributed by atoms with van der Waals surface area (Å²) in [4.78, 5) is 44.0. The van der Waals surface area contributed by atoms with E-state index in [9.17, 15) is 14.4 Å². The molecule has 12 heteroatoms. The Bertz CT molecular complexity index is 730. The number of hydrogen-bond donors (Lipinski definition) is 5. The normalized spacial score (nSPS) is 20.4. The maximum Gasteiger partial charge on any atom is 0.350 e. The molecule has 136 valence electrons. The molecule has 1 saturated heterocycles. The summed E-state index contributed by atoms with van der Waals surface area (Å²) < 4.78 is 0. The third-order valence-corrected chi connectivity index (χ3v) is 4.18. The lowest BCUT2D eigenvalue weighted by atomic mass is 9.99. The molecular formula is C13H17N5O6S. The van der Waals surface area contributed by atoms with E-state index < -0.39 is 35.5 Å². The number of aliphatic hydroxyl groups is 1. The summed E-state index contributed by atoms with van der Waals surface area (Å²) in [6, 6.07) is -1.54. The van der Waals surface area contributed by atoms with E-state index in [1.165, 1.54) is 20.0 Å². The van der Waals surface area contributed by atoms with Crippen LogP contribution in [0.3, 0.4) is 0 Å². The second-order valence-corrected chi connectivity index (χ2v) is 6.72. The van der Waals surface area contributed by atoms with Gasteiger partial charge >= 0.3 is 5.97 Å². The number of thiazole rings is 1. The third kappa shape index (κ3) is 4.03. The molecule has 0 saturated carbocycles. The van der Waals surface area contributed by atoms with Crippen molar-refractivity contribution in [2.24, 2.45) is 5.16 Å². The Morgan fingerprint density at radius 1 is 1.56 bits per heavy atom. The van der Waals surface area contributed by atoms with Crippen LogP contribution in [0.2, 0.25) is 0 Å². The summed E-state index contributed by atoms with van der Waals surface area (Å²) in [6.45, 7) is 2.17. The number of carboxylic acids is 1. The Morgan fingerprint density at radius 3 is 2.72 bits per heavy atom. The molecule has 0 radical (unpaired) electrons. The number of oxime groups is 1. The molecular weight excluding hydrogens is 354 g/mol. The molecule has 0 aromatic carbocycles. The van der Waals surface area contributed by atoms with Gasteiger partial charge in [-0.15, -0.1) is 0 Å². The Hall–Kier alpha value is -2.73. The fourth-order valence-corrected chi connectivity index (χ4v) is 2.43. The lowest BCUT2D eigenvalue weighted by Crippen LogP contribution is -2.70. The number of aliphatic hydroxyl groups excluding tert-OH is 1. The molecule has 0 bridgehead atoms. The number of anilines is 1.